The van der Waals surface area contributed by atoms with Crippen LogP contribution in [-0.2, 0) is 12.2 Å². The van der Waals surface area contributed by atoms with E-state index in [2.05, 4.69) is 47.6 Å². The van der Waals surface area contributed by atoms with E-state index in [4.69, 9.17) is 0 Å². The van der Waals surface area contributed by atoms with E-state index in [9.17, 15) is 14.9 Å². The molecular formula is C30H33N5O3S. The summed E-state index contributed by atoms with van der Waals surface area (Å²) in [5.41, 5.74) is 4.82. The van der Waals surface area contributed by atoms with Crippen molar-refractivity contribution in [2.75, 3.05) is 0 Å². The van der Waals surface area contributed by atoms with Gasteiger partial charge in [0.05, 0.1) is 11.0 Å². The number of nitro benzene ring substituents is 1. The van der Waals surface area contributed by atoms with E-state index in [-0.39, 0.29) is 11.6 Å². The molecular weight excluding hydrogens is 510 g/mol. The van der Waals surface area contributed by atoms with Gasteiger partial charge in [0.1, 0.15) is 0 Å². The van der Waals surface area contributed by atoms with E-state index >= 15 is 0 Å². The van der Waals surface area contributed by atoms with Crippen LogP contribution in [0, 0.1) is 17.0 Å². The first kappa shape index (κ1) is 28.0. The van der Waals surface area contributed by atoms with Crippen LogP contribution in [-0.4, -0.2) is 25.6 Å². The molecule has 0 aliphatic rings. The number of carbonyl (C=O) groups excluding carboxylic acids is 1. The Morgan fingerprint density at radius 1 is 1.03 bits per heavy atom. The number of amides is 1. The van der Waals surface area contributed by atoms with Gasteiger partial charge in [-0.05, 0) is 62.1 Å². The molecule has 1 aromatic heterocycles. The van der Waals surface area contributed by atoms with Crippen LogP contribution in [0.1, 0.15) is 72.0 Å². The van der Waals surface area contributed by atoms with Gasteiger partial charge in [-0.15, -0.1) is 10.2 Å². The molecule has 1 unspecified atom stereocenters. The lowest BCUT2D eigenvalue weighted by Gasteiger charge is -2.16. The highest BCUT2D eigenvalue weighted by Crippen LogP contribution is 2.29. The molecule has 4 aromatic rings. The zero-order chi connectivity index (χ0) is 27.8. The summed E-state index contributed by atoms with van der Waals surface area (Å²) < 4.78 is 1.85. The largest absolute Gasteiger partial charge is 0.342 e. The standard InChI is InChI=1S/C30H33N5O3S/c1-4-5-6-9-23-11-13-25(14-12-23)29(36)31-22(3)28-32-33-30(39-20-24-10-7-8-21(2)19-24)34(28)26-15-17-27(18-16-26)35(37)38/h7-8,10-19,22H,4-6,9,20H2,1-3H3,(H,31,36). The number of benzene rings is 3. The third kappa shape index (κ3) is 7.32. The minimum absolute atomic E-state index is 0.00169. The van der Waals surface area contributed by atoms with Crippen LogP contribution in [0.25, 0.3) is 5.69 Å². The lowest BCUT2D eigenvalue weighted by molar-refractivity contribution is -0.384. The molecule has 4 rings (SSSR count). The maximum atomic E-state index is 13.1. The van der Waals surface area contributed by atoms with Gasteiger partial charge in [-0.3, -0.25) is 19.5 Å². The molecule has 1 N–H and O–H groups in total. The van der Waals surface area contributed by atoms with E-state index in [1.807, 2.05) is 41.8 Å². The Kier molecular flexibility index (Phi) is 9.49. The number of nitrogens with zero attached hydrogens (tertiary/aromatic N) is 4. The fraction of sp³-hybridized carbons (Fsp3) is 0.300. The molecule has 1 atom stereocenters. The molecule has 3 aromatic carbocycles. The molecule has 1 heterocycles. The summed E-state index contributed by atoms with van der Waals surface area (Å²) in [6.07, 6.45) is 4.52. The Hall–Kier alpha value is -3.98. The van der Waals surface area contributed by atoms with Gasteiger partial charge in [0, 0.05) is 29.1 Å². The Morgan fingerprint density at radius 2 is 1.77 bits per heavy atom. The summed E-state index contributed by atoms with van der Waals surface area (Å²) in [6, 6.07) is 21.8. The number of aromatic nitrogens is 3. The maximum Gasteiger partial charge on any atom is 0.269 e. The number of thioether (sulfide) groups is 1. The maximum absolute atomic E-state index is 13.1. The first-order chi connectivity index (χ1) is 18.9. The van der Waals surface area contributed by atoms with Crippen molar-refractivity contribution in [1.29, 1.82) is 0 Å². The normalized spacial score (nSPS) is 11.8. The highest BCUT2D eigenvalue weighted by molar-refractivity contribution is 7.98. The average molecular weight is 544 g/mol. The molecule has 0 saturated heterocycles. The molecule has 0 fully saturated rings. The Morgan fingerprint density at radius 3 is 2.44 bits per heavy atom. The quantitative estimate of drug-likeness (QED) is 0.0893. The second-order valence-corrected chi connectivity index (χ2v) is 10.5. The van der Waals surface area contributed by atoms with Crippen LogP contribution in [0.2, 0.25) is 0 Å². The molecule has 0 aliphatic heterocycles. The van der Waals surface area contributed by atoms with E-state index in [1.165, 1.54) is 47.9 Å². The summed E-state index contributed by atoms with van der Waals surface area (Å²) in [5.74, 6) is 1.02. The third-order valence-corrected chi connectivity index (χ3v) is 7.45. The summed E-state index contributed by atoms with van der Waals surface area (Å²) in [6.45, 7) is 6.09. The molecule has 0 aliphatic carbocycles. The van der Waals surface area contributed by atoms with Crippen molar-refractivity contribution >= 4 is 23.4 Å². The van der Waals surface area contributed by atoms with Crippen molar-refractivity contribution in [3.8, 4) is 5.69 Å². The van der Waals surface area contributed by atoms with Crippen molar-refractivity contribution < 1.29 is 9.72 Å². The predicted octanol–water partition coefficient (Wildman–Crippen LogP) is 7.00. The number of nitrogens with one attached hydrogen (secondary N) is 1. The van der Waals surface area contributed by atoms with Crippen molar-refractivity contribution in [1.82, 2.24) is 20.1 Å². The summed E-state index contributed by atoms with van der Waals surface area (Å²) in [4.78, 5) is 23.8. The van der Waals surface area contributed by atoms with Crippen molar-refractivity contribution in [3.63, 3.8) is 0 Å². The molecule has 0 saturated carbocycles. The van der Waals surface area contributed by atoms with Crippen LogP contribution < -0.4 is 5.32 Å². The van der Waals surface area contributed by atoms with Crippen LogP contribution in [0.4, 0.5) is 5.69 Å². The molecule has 0 bridgehead atoms. The first-order valence-electron chi connectivity index (χ1n) is 13.1. The lowest BCUT2D eigenvalue weighted by Crippen LogP contribution is -2.28. The number of hydrogen-bond acceptors (Lipinski definition) is 6. The Labute approximate surface area is 233 Å². The fourth-order valence-corrected chi connectivity index (χ4v) is 5.22. The van der Waals surface area contributed by atoms with Crippen molar-refractivity contribution in [2.45, 2.75) is 63.4 Å². The molecule has 0 spiro atoms. The third-order valence-electron chi connectivity index (χ3n) is 6.45. The Balaban J connectivity index is 1.56. The van der Waals surface area contributed by atoms with Crippen LogP contribution in [0.3, 0.4) is 0 Å². The SMILES string of the molecule is CCCCCc1ccc(C(=O)NC(C)c2nnc(SCc3cccc(C)c3)n2-c2ccc([N+](=O)[O-])cc2)cc1. The minimum Gasteiger partial charge on any atom is -0.342 e. The molecule has 1 amide bonds. The van der Waals surface area contributed by atoms with E-state index in [1.54, 1.807) is 12.1 Å². The summed E-state index contributed by atoms with van der Waals surface area (Å²) in [7, 11) is 0. The lowest BCUT2D eigenvalue weighted by atomic mass is 10.0. The number of non-ortho nitro benzene ring substituents is 1. The zero-order valence-corrected chi connectivity index (χ0v) is 23.3. The zero-order valence-electron chi connectivity index (χ0n) is 22.5. The average Bonchev–Trinajstić information content (AvgIpc) is 3.36. The topological polar surface area (TPSA) is 103 Å². The van der Waals surface area contributed by atoms with Gasteiger partial charge >= 0.3 is 0 Å². The van der Waals surface area contributed by atoms with Crippen molar-refractivity contribution in [3.05, 3.63) is 111 Å². The number of hydrogen-bond donors (Lipinski definition) is 1. The fourth-order valence-electron chi connectivity index (χ4n) is 4.32. The van der Waals surface area contributed by atoms with Crippen LogP contribution in [0.5, 0.6) is 0 Å². The van der Waals surface area contributed by atoms with Gasteiger partial charge in [0.25, 0.3) is 11.6 Å². The predicted molar refractivity (Wildman–Crippen MR) is 154 cm³/mol. The number of carbonyl (C=O) groups is 1. The second-order valence-electron chi connectivity index (χ2n) is 9.58. The van der Waals surface area contributed by atoms with Crippen LogP contribution in [0.15, 0.2) is 78.0 Å². The minimum atomic E-state index is -0.460. The highest BCUT2D eigenvalue weighted by Gasteiger charge is 2.22. The van der Waals surface area contributed by atoms with Gasteiger partial charge in [0.15, 0.2) is 11.0 Å². The van der Waals surface area contributed by atoms with Gasteiger partial charge in [-0.1, -0.05) is 73.5 Å². The van der Waals surface area contributed by atoms with Gasteiger partial charge < -0.3 is 5.32 Å². The number of nitro groups is 1. The van der Waals surface area contributed by atoms with E-state index < -0.39 is 11.0 Å². The number of rotatable bonds is 12. The van der Waals surface area contributed by atoms with Gasteiger partial charge in [0.2, 0.25) is 0 Å². The summed E-state index contributed by atoms with van der Waals surface area (Å²) >= 11 is 1.52. The molecule has 0 radical (unpaired) electrons. The first-order valence-corrected chi connectivity index (χ1v) is 14.1. The molecule has 202 valence electrons. The Bertz CT molecular complexity index is 1420. The molecule has 39 heavy (non-hydrogen) atoms. The van der Waals surface area contributed by atoms with Gasteiger partial charge in [-0.2, -0.15) is 0 Å². The van der Waals surface area contributed by atoms with E-state index in [0.29, 0.717) is 28.0 Å². The monoisotopic (exact) mass is 543 g/mol. The van der Waals surface area contributed by atoms with Crippen molar-refractivity contribution in [2.24, 2.45) is 0 Å². The summed E-state index contributed by atoms with van der Waals surface area (Å²) in [5, 5.41) is 23.7. The second kappa shape index (κ2) is 13.2. The smallest absolute Gasteiger partial charge is 0.269 e. The van der Waals surface area contributed by atoms with Crippen LogP contribution >= 0.6 is 11.8 Å². The molecule has 8 nitrogen and oxygen atoms in total. The van der Waals surface area contributed by atoms with E-state index in [0.717, 1.165) is 18.4 Å². The molecule has 9 heteroatoms. The number of aryl methyl sites for hydroxylation is 2. The number of unbranched alkanes of at least 4 members (excludes halogenated alkanes) is 2. The highest BCUT2D eigenvalue weighted by atomic mass is 32.2. The van der Waals surface area contributed by atoms with Gasteiger partial charge in [-0.25, -0.2) is 0 Å².